The standard InChI is InChI=1S/C17H14N4O3/c1-11-2-4-13(5-3-11)21-16(23)14(15(22)20-17(21)24)10-19-12-6-8-18-9-7-12/h2-10,14H,1H3,(H,20,22,24)/t14-/m0/s1. The van der Waals surface area contributed by atoms with Crippen LogP contribution in [0.1, 0.15) is 5.56 Å². The van der Waals surface area contributed by atoms with Crippen LogP contribution in [0, 0.1) is 12.8 Å². The van der Waals surface area contributed by atoms with Crippen LogP contribution in [0.15, 0.2) is 53.8 Å². The number of benzene rings is 1. The summed E-state index contributed by atoms with van der Waals surface area (Å²) in [5.41, 5.74) is 1.96. The zero-order chi connectivity index (χ0) is 17.1. The molecule has 0 spiro atoms. The Balaban J connectivity index is 1.88. The van der Waals surface area contributed by atoms with E-state index in [1.165, 1.54) is 6.21 Å². The van der Waals surface area contributed by atoms with Gasteiger partial charge in [0, 0.05) is 18.6 Å². The fraction of sp³-hybridized carbons (Fsp3) is 0.118. The van der Waals surface area contributed by atoms with Gasteiger partial charge in [-0.2, -0.15) is 0 Å². The molecule has 2 heterocycles. The van der Waals surface area contributed by atoms with E-state index in [1.807, 2.05) is 6.92 Å². The molecule has 0 aliphatic carbocycles. The largest absolute Gasteiger partial charge is 0.335 e. The van der Waals surface area contributed by atoms with Gasteiger partial charge in [0.2, 0.25) is 5.91 Å². The number of aryl methyl sites for hydroxylation is 1. The van der Waals surface area contributed by atoms with Gasteiger partial charge in [0.15, 0.2) is 5.92 Å². The summed E-state index contributed by atoms with van der Waals surface area (Å²) in [6.07, 6.45) is 4.34. The van der Waals surface area contributed by atoms with Gasteiger partial charge < -0.3 is 0 Å². The highest BCUT2D eigenvalue weighted by atomic mass is 16.2. The number of urea groups is 1. The summed E-state index contributed by atoms with van der Waals surface area (Å²) in [5.74, 6) is -2.49. The third-order valence-corrected chi connectivity index (χ3v) is 3.53. The van der Waals surface area contributed by atoms with Crippen LogP contribution in [-0.2, 0) is 9.59 Å². The lowest BCUT2D eigenvalue weighted by atomic mass is 10.1. The lowest BCUT2D eigenvalue weighted by Gasteiger charge is -2.28. The Bertz CT molecular complexity index is 815. The zero-order valence-electron chi connectivity index (χ0n) is 12.8. The van der Waals surface area contributed by atoms with Crippen molar-refractivity contribution in [1.29, 1.82) is 0 Å². The van der Waals surface area contributed by atoms with E-state index in [4.69, 9.17) is 0 Å². The maximum Gasteiger partial charge on any atom is 0.335 e. The summed E-state index contributed by atoms with van der Waals surface area (Å²) in [5, 5.41) is 2.18. The Labute approximate surface area is 138 Å². The van der Waals surface area contributed by atoms with Crippen molar-refractivity contribution in [2.75, 3.05) is 4.90 Å². The fourth-order valence-electron chi connectivity index (χ4n) is 2.25. The van der Waals surface area contributed by atoms with E-state index < -0.39 is 23.8 Å². The minimum atomic E-state index is -1.17. The predicted molar refractivity (Wildman–Crippen MR) is 88.1 cm³/mol. The van der Waals surface area contributed by atoms with Crippen molar-refractivity contribution in [3.8, 4) is 0 Å². The maximum atomic E-state index is 12.6. The van der Waals surface area contributed by atoms with Crippen molar-refractivity contribution in [3.63, 3.8) is 0 Å². The number of barbiturate groups is 1. The first-order chi connectivity index (χ1) is 11.6. The summed E-state index contributed by atoms with van der Waals surface area (Å²) >= 11 is 0. The molecule has 0 bridgehead atoms. The van der Waals surface area contributed by atoms with Gasteiger partial charge in [-0.25, -0.2) is 9.69 Å². The molecule has 1 fully saturated rings. The molecule has 120 valence electrons. The molecule has 7 heteroatoms. The average Bonchev–Trinajstić information content (AvgIpc) is 2.57. The number of amides is 4. The van der Waals surface area contributed by atoms with Crippen LogP contribution >= 0.6 is 0 Å². The molecule has 1 atom stereocenters. The fourth-order valence-corrected chi connectivity index (χ4v) is 2.25. The second-order valence-corrected chi connectivity index (χ2v) is 5.26. The number of pyridine rings is 1. The summed E-state index contributed by atoms with van der Waals surface area (Å²) in [7, 11) is 0. The predicted octanol–water partition coefficient (Wildman–Crippen LogP) is 1.99. The Morgan fingerprint density at radius 3 is 2.42 bits per heavy atom. The second-order valence-electron chi connectivity index (χ2n) is 5.26. The number of aliphatic imine (C=N–C) groups is 1. The smallest absolute Gasteiger partial charge is 0.276 e. The van der Waals surface area contributed by atoms with Crippen LogP contribution in [0.2, 0.25) is 0 Å². The van der Waals surface area contributed by atoms with Crippen molar-refractivity contribution < 1.29 is 14.4 Å². The van der Waals surface area contributed by atoms with E-state index >= 15 is 0 Å². The van der Waals surface area contributed by atoms with Gasteiger partial charge in [-0.05, 0) is 31.2 Å². The molecule has 24 heavy (non-hydrogen) atoms. The van der Waals surface area contributed by atoms with E-state index in [-0.39, 0.29) is 0 Å². The highest BCUT2D eigenvalue weighted by Gasteiger charge is 2.40. The number of hydrogen-bond donors (Lipinski definition) is 1. The van der Waals surface area contributed by atoms with Crippen molar-refractivity contribution in [3.05, 3.63) is 54.4 Å². The first-order valence-electron chi connectivity index (χ1n) is 7.26. The van der Waals surface area contributed by atoms with Gasteiger partial charge in [0.1, 0.15) is 0 Å². The number of aromatic nitrogens is 1. The molecule has 0 unspecified atom stereocenters. The van der Waals surface area contributed by atoms with Crippen molar-refractivity contribution in [1.82, 2.24) is 10.3 Å². The number of anilines is 1. The number of rotatable bonds is 3. The Morgan fingerprint density at radius 2 is 1.75 bits per heavy atom. The normalized spacial score (nSPS) is 18.1. The van der Waals surface area contributed by atoms with Crippen LogP contribution in [0.25, 0.3) is 0 Å². The van der Waals surface area contributed by atoms with Gasteiger partial charge in [0.25, 0.3) is 5.91 Å². The number of nitrogens with zero attached hydrogens (tertiary/aromatic N) is 3. The van der Waals surface area contributed by atoms with E-state index in [1.54, 1.807) is 48.8 Å². The highest BCUT2D eigenvalue weighted by molar-refractivity contribution is 6.32. The van der Waals surface area contributed by atoms with E-state index in [0.29, 0.717) is 11.4 Å². The second kappa shape index (κ2) is 6.41. The first kappa shape index (κ1) is 15.5. The third-order valence-electron chi connectivity index (χ3n) is 3.53. The Kier molecular flexibility index (Phi) is 4.15. The van der Waals surface area contributed by atoms with Gasteiger partial charge in [-0.3, -0.25) is 24.9 Å². The molecule has 1 saturated heterocycles. The van der Waals surface area contributed by atoms with Crippen LogP contribution in [0.4, 0.5) is 16.2 Å². The lowest BCUT2D eigenvalue weighted by molar-refractivity contribution is -0.131. The van der Waals surface area contributed by atoms with Crippen LogP contribution in [0.3, 0.4) is 0 Å². The molecule has 7 nitrogen and oxygen atoms in total. The molecule has 1 aromatic heterocycles. The van der Waals surface area contributed by atoms with E-state index in [9.17, 15) is 14.4 Å². The van der Waals surface area contributed by atoms with Crippen LogP contribution in [0.5, 0.6) is 0 Å². The van der Waals surface area contributed by atoms with Crippen LogP contribution < -0.4 is 10.2 Å². The molecule has 1 aliphatic heterocycles. The number of imide groups is 2. The molecule has 0 saturated carbocycles. The van der Waals surface area contributed by atoms with Crippen molar-refractivity contribution in [2.24, 2.45) is 10.9 Å². The summed E-state index contributed by atoms with van der Waals surface area (Å²) < 4.78 is 0. The minimum absolute atomic E-state index is 0.401. The maximum absolute atomic E-state index is 12.6. The number of nitrogens with one attached hydrogen (secondary N) is 1. The zero-order valence-corrected chi connectivity index (χ0v) is 12.8. The Morgan fingerprint density at radius 1 is 1.08 bits per heavy atom. The first-order valence-corrected chi connectivity index (χ1v) is 7.26. The van der Waals surface area contributed by atoms with Crippen molar-refractivity contribution in [2.45, 2.75) is 6.92 Å². The van der Waals surface area contributed by atoms with Gasteiger partial charge >= 0.3 is 6.03 Å². The summed E-state index contributed by atoms with van der Waals surface area (Å²) in [4.78, 5) is 45.5. The van der Waals surface area contributed by atoms with Gasteiger partial charge in [-0.1, -0.05) is 17.7 Å². The van der Waals surface area contributed by atoms with Crippen LogP contribution in [-0.4, -0.2) is 29.0 Å². The molecule has 0 radical (unpaired) electrons. The lowest BCUT2D eigenvalue weighted by Crippen LogP contribution is -2.58. The monoisotopic (exact) mass is 322 g/mol. The molecule has 4 amide bonds. The number of carbonyl (C=O) groups is 3. The molecule has 1 N–H and O–H groups in total. The average molecular weight is 322 g/mol. The molecule has 1 aromatic carbocycles. The minimum Gasteiger partial charge on any atom is -0.276 e. The van der Waals surface area contributed by atoms with Crippen molar-refractivity contribution >= 4 is 35.4 Å². The molecular formula is C17H14N4O3. The molecule has 2 aromatic rings. The van der Waals surface area contributed by atoms with Gasteiger partial charge in [-0.15, -0.1) is 0 Å². The molecular weight excluding hydrogens is 308 g/mol. The summed E-state index contributed by atoms with van der Waals surface area (Å²) in [6.45, 7) is 1.90. The topological polar surface area (TPSA) is 91.7 Å². The third kappa shape index (κ3) is 3.05. The highest BCUT2D eigenvalue weighted by Crippen LogP contribution is 2.21. The number of hydrogen-bond acceptors (Lipinski definition) is 5. The quantitative estimate of drug-likeness (QED) is 0.691. The van der Waals surface area contributed by atoms with E-state index in [2.05, 4.69) is 15.3 Å². The Hall–Kier alpha value is -3.35. The van der Waals surface area contributed by atoms with Gasteiger partial charge in [0.05, 0.1) is 11.4 Å². The summed E-state index contributed by atoms with van der Waals surface area (Å²) in [6, 6.07) is 9.40. The van der Waals surface area contributed by atoms with E-state index in [0.717, 1.165) is 10.5 Å². The molecule has 3 rings (SSSR count). The SMILES string of the molecule is Cc1ccc(N2C(=O)NC(=O)[C@H](C=Nc3ccncc3)C2=O)cc1. The number of carbonyl (C=O) groups excluding carboxylic acids is 3. The molecule has 1 aliphatic rings.